The van der Waals surface area contributed by atoms with Gasteiger partial charge in [0.15, 0.2) is 5.52 Å². The first kappa shape index (κ1) is 73.3. The molecule has 1 saturated carbocycles. The Hall–Kier alpha value is -8.54. The second kappa shape index (κ2) is 35.5. The Labute approximate surface area is 558 Å². The quantitative estimate of drug-likeness (QED) is 0.00537. The van der Waals surface area contributed by atoms with Crippen LogP contribution in [0, 0.1) is 27.4 Å². The largest absolute Gasteiger partial charge is 0.496 e. The number of hydrogen-bond donors (Lipinski definition) is 4. The van der Waals surface area contributed by atoms with Gasteiger partial charge >= 0.3 is 5.69 Å². The lowest BCUT2D eigenvalue weighted by atomic mass is 9.45. The number of benzene rings is 3. The Balaban J connectivity index is 0.676. The number of methoxy groups -OCH3 is 2. The van der Waals surface area contributed by atoms with Gasteiger partial charge in [-0.05, 0) is 119 Å². The van der Waals surface area contributed by atoms with Crippen LogP contribution in [0.3, 0.4) is 0 Å². The number of nitrogens with one attached hydrogen (secondary N) is 4. The number of hydrogen-bond acceptors (Lipinski definition) is 22. The van der Waals surface area contributed by atoms with Crippen molar-refractivity contribution in [3.63, 3.8) is 0 Å². The van der Waals surface area contributed by atoms with Gasteiger partial charge in [0.2, 0.25) is 11.4 Å². The van der Waals surface area contributed by atoms with E-state index in [1.807, 2.05) is 0 Å². The molecule has 29 nitrogen and oxygen atoms in total. The number of carbonyl (C=O) groups excluding carboxylic acids is 3. The number of anilines is 1. The fraction of sp³-hybridized carbons (Fsp3) is 0.576. The maximum Gasteiger partial charge on any atom is 0.300 e. The van der Waals surface area contributed by atoms with Crippen molar-refractivity contribution in [2.75, 3.05) is 118 Å². The smallest absolute Gasteiger partial charge is 0.300 e. The second-order valence-corrected chi connectivity index (χ2v) is 27.1. The van der Waals surface area contributed by atoms with E-state index in [1.54, 1.807) is 25.3 Å². The summed E-state index contributed by atoms with van der Waals surface area (Å²) >= 11 is 0. The van der Waals surface area contributed by atoms with Crippen molar-refractivity contribution in [3.8, 4) is 11.5 Å². The zero-order valence-electron chi connectivity index (χ0n) is 55.6. The van der Waals surface area contributed by atoms with Crippen LogP contribution in [0.4, 0.5) is 11.4 Å². The predicted molar refractivity (Wildman–Crippen MR) is 357 cm³/mol. The molecule has 520 valence electrons. The number of non-ortho nitro benzene ring substituents is 1. The molecule has 4 aliphatic rings. The molecule has 2 bridgehead atoms. The third kappa shape index (κ3) is 19.6. The van der Waals surface area contributed by atoms with E-state index < -0.39 is 32.3 Å². The fourth-order valence-electron chi connectivity index (χ4n) is 12.5. The van der Waals surface area contributed by atoms with Crippen LogP contribution in [0.25, 0.3) is 21.5 Å². The number of ether oxygens (including phenoxy) is 6. The minimum atomic E-state index is -4.54. The standard InChI is InChI=1S/C66H90N14O15S/c1-65(2,23-12-8-10-14-25-72-76-67)48-38-56(89-5)60(57(39-48)90-6)51-37-47(52-40-53(51)66(52,3)4)41-70-58(81)18-11-7-9-13-24-69-64(84)46-19-22-59(82)79(43-46)96(87,88)50-17-15-16-45(36-50)63(83)71-42-49-44-78(77-73-49)27-29-92-31-33-94-35-34-93-32-30-91-28-26-68-54-20-21-55(80(85)86)62-61(54)74-95-75-62/h15-17,19-22,36-39,43,49,51-53,68H,7-14,18,23-35,40-42,44H2,1-6H3,(H,69,84)(H,70,81)(H,71,83)/t49?,51-,52+,53-/m0/s1. The topological polar surface area (TPSA) is 370 Å². The third-order valence-electron chi connectivity index (χ3n) is 18.1. The molecule has 5 aromatic rings. The van der Waals surface area contributed by atoms with Gasteiger partial charge in [0.05, 0.1) is 101 Å². The number of amides is 3. The molecule has 1 fully saturated rings. The normalized spacial score (nSPS) is 17.1. The molecule has 3 aliphatic carbocycles. The number of aromatic nitrogens is 3. The molecule has 0 saturated heterocycles. The average Bonchev–Trinajstić information content (AvgIpc) is 0.781. The van der Waals surface area contributed by atoms with E-state index in [1.165, 1.54) is 42.0 Å². The molecular formula is C66H90N14O15S. The zero-order valence-corrected chi connectivity index (χ0v) is 56.4. The van der Waals surface area contributed by atoms with Gasteiger partial charge in [0, 0.05) is 79.4 Å². The van der Waals surface area contributed by atoms with Crippen LogP contribution in [0.5, 0.6) is 11.5 Å². The van der Waals surface area contributed by atoms with Gasteiger partial charge in [0.25, 0.3) is 27.4 Å². The molecule has 0 radical (unpaired) electrons. The highest BCUT2D eigenvalue weighted by molar-refractivity contribution is 7.90. The summed E-state index contributed by atoms with van der Waals surface area (Å²) in [6, 6.07) is 14.4. The molecule has 9 rings (SSSR count). The molecule has 1 unspecified atom stereocenters. The molecule has 96 heavy (non-hydrogen) atoms. The van der Waals surface area contributed by atoms with Gasteiger partial charge in [-0.1, -0.05) is 87.9 Å². The molecule has 1 aliphatic heterocycles. The molecule has 2 aromatic heterocycles. The molecule has 30 heteroatoms. The van der Waals surface area contributed by atoms with Crippen molar-refractivity contribution in [3.05, 3.63) is 132 Å². The van der Waals surface area contributed by atoms with Crippen LogP contribution in [-0.2, 0) is 39.2 Å². The lowest BCUT2D eigenvalue weighted by Gasteiger charge is -2.59. The maximum atomic E-state index is 13.9. The number of fused-ring (bicyclic) bond motifs is 2. The van der Waals surface area contributed by atoms with E-state index in [4.69, 9.17) is 34.0 Å². The zero-order chi connectivity index (χ0) is 68.7. The summed E-state index contributed by atoms with van der Waals surface area (Å²) in [7, 11) is -1.11. The summed E-state index contributed by atoms with van der Waals surface area (Å²) in [5.41, 5.74) is 11.7. The van der Waals surface area contributed by atoms with Crippen LogP contribution < -0.4 is 36.3 Å². The number of pyridine rings is 1. The maximum absolute atomic E-state index is 13.9. The summed E-state index contributed by atoms with van der Waals surface area (Å²) in [5, 5.41) is 44.2. The Morgan fingerprint density at radius 2 is 1.49 bits per heavy atom. The first-order chi connectivity index (χ1) is 46.3. The van der Waals surface area contributed by atoms with Gasteiger partial charge in [-0.15, -0.1) is 0 Å². The Morgan fingerprint density at radius 3 is 2.20 bits per heavy atom. The van der Waals surface area contributed by atoms with Gasteiger partial charge < -0.3 is 49.7 Å². The number of unbranched alkanes of at least 4 members (excludes halogenated alkanes) is 6. The third-order valence-corrected chi connectivity index (χ3v) is 19.7. The fourth-order valence-corrected chi connectivity index (χ4v) is 13.8. The van der Waals surface area contributed by atoms with Crippen molar-refractivity contribution < 1.29 is 60.8 Å². The van der Waals surface area contributed by atoms with E-state index in [2.05, 4.69) is 102 Å². The highest BCUT2D eigenvalue weighted by Gasteiger charge is 2.56. The number of azide groups is 1. The predicted octanol–water partition coefficient (Wildman–Crippen LogP) is 9.23. The molecule has 4 atom stereocenters. The van der Waals surface area contributed by atoms with E-state index in [0.29, 0.717) is 126 Å². The second-order valence-electron chi connectivity index (χ2n) is 25.3. The Kier molecular flexibility index (Phi) is 27.1. The number of nitro groups is 1. The van der Waals surface area contributed by atoms with Crippen molar-refractivity contribution in [1.82, 2.24) is 35.2 Å². The number of allylic oxidation sites excluding steroid dienone is 1. The van der Waals surface area contributed by atoms with Crippen LogP contribution >= 0.6 is 0 Å². The number of rotatable bonds is 43. The highest BCUT2D eigenvalue weighted by Crippen LogP contribution is 2.65. The van der Waals surface area contributed by atoms with Crippen molar-refractivity contribution in [2.45, 2.75) is 121 Å². The molecule has 3 aromatic carbocycles. The summed E-state index contributed by atoms with van der Waals surface area (Å²) < 4.78 is 67.5. The first-order valence-electron chi connectivity index (χ1n) is 32.8. The minimum Gasteiger partial charge on any atom is -0.496 e. The monoisotopic (exact) mass is 1350 g/mol. The summed E-state index contributed by atoms with van der Waals surface area (Å²) in [5.74, 6) is 1.25. The van der Waals surface area contributed by atoms with E-state index in [0.717, 1.165) is 86.3 Å². The number of carbonyl (C=O) groups is 3. The molecular weight excluding hydrogens is 1260 g/mol. The summed E-state index contributed by atoms with van der Waals surface area (Å²) in [6.07, 6.45) is 12.5. The van der Waals surface area contributed by atoms with Crippen molar-refractivity contribution in [1.29, 1.82) is 0 Å². The first-order valence-corrected chi connectivity index (χ1v) is 34.2. The van der Waals surface area contributed by atoms with Crippen molar-refractivity contribution in [2.24, 2.45) is 32.7 Å². The molecule has 0 spiro atoms. The summed E-state index contributed by atoms with van der Waals surface area (Å²) in [6.45, 7) is 14.7. The SMILES string of the molecule is COc1cc(C(C)(C)CCCCCCN=[N+]=[N-])cc(OC)c1[C@H]1C=C(CNC(=O)CCCCCCNC(=O)c2ccc(=O)n(S(=O)(=O)c3cccc(C(=O)NCC4CN(CCOCCOCCOCCOCCNc5ccc([N+](=O)[O-])c6nonc56)N=N4)c3)c2)[C@H]2C[C@@H]1C2(C)C. The van der Waals surface area contributed by atoms with Crippen LogP contribution in [0.2, 0.25) is 0 Å². The van der Waals surface area contributed by atoms with Gasteiger partial charge in [-0.2, -0.15) is 5.11 Å². The lowest BCUT2D eigenvalue weighted by molar-refractivity contribution is -0.383. The van der Waals surface area contributed by atoms with Crippen LogP contribution in [0.1, 0.15) is 136 Å². The summed E-state index contributed by atoms with van der Waals surface area (Å²) in [4.78, 5) is 65.9. The van der Waals surface area contributed by atoms with Gasteiger partial charge in [-0.3, -0.25) is 34.3 Å². The average molecular weight is 1350 g/mol. The highest BCUT2D eigenvalue weighted by atomic mass is 32.2. The number of nitrogens with zero attached hydrogens (tertiary/aromatic N) is 10. The molecule has 4 N–H and O–H groups in total. The van der Waals surface area contributed by atoms with E-state index in [-0.39, 0.29) is 74.5 Å². The molecule has 3 amide bonds. The number of nitro benzene ring substituents is 1. The van der Waals surface area contributed by atoms with Gasteiger partial charge in [0.1, 0.15) is 17.5 Å². The van der Waals surface area contributed by atoms with Gasteiger partial charge in [-0.25, -0.2) is 17.0 Å². The van der Waals surface area contributed by atoms with Crippen molar-refractivity contribution >= 4 is 50.2 Å². The molecule has 3 heterocycles. The van der Waals surface area contributed by atoms with E-state index >= 15 is 0 Å². The van der Waals surface area contributed by atoms with Crippen LogP contribution in [0.15, 0.2) is 108 Å². The minimum absolute atomic E-state index is 0.0168. The Bertz CT molecular complexity index is 3730. The van der Waals surface area contributed by atoms with E-state index in [9.17, 15) is 37.7 Å². The lowest BCUT2D eigenvalue weighted by Crippen LogP contribution is -2.52. The Morgan fingerprint density at radius 1 is 0.812 bits per heavy atom. The van der Waals surface area contributed by atoms with Crippen LogP contribution in [-0.4, -0.2) is 169 Å².